The third-order valence-corrected chi connectivity index (χ3v) is 4.82. The van der Waals surface area contributed by atoms with E-state index in [0.717, 1.165) is 25.5 Å². The second-order valence-corrected chi connectivity index (χ2v) is 6.27. The highest BCUT2D eigenvalue weighted by Crippen LogP contribution is 2.34. The van der Waals surface area contributed by atoms with E-state index in [1.54, 1.807) is 0 Å². The molecule has 128 valence electrons. The second kappa shape index (κ2) is 6.75. The van der Waals surface area contributed by atoms with Crippen molar-refractivity contribution in [1.82, 2.24) is 9.88 Å². The molecule has 0 aromatic carbocycles. The van der Waals surface area contributed by atoms with Crippen LogP contribution >= 0.6 is 0 Å². The van der Waals surface area contributed by atoms with Crippen LogP contribution < -0.4 is 0 Å². The van der Waals surface area contributed by atoms with Crippen LogP contribution in [0.4, 0.5) is 13.2 Å². The molecule has 0 aliphatic carbocycles. The summed E-state index contributed by atoms with van der Waals surface area (Å²) in [7, 11) is 0. The minimum atomic E-state index is -4.40. The zero-order valence-electron chi connectivity index (χ0n) is 12.8. The molecule has 2 fully saturated rings. The maximum Gasteiger partial charge on any atom is 0.418 e. The maximum atomic E-state index is 13.1. The molecule has 0 unspecified atom stereocenters. The Morgan fingerprint density at radius 1 is 1.35 bits per heavy atom. The number of rotatable bonds is 3. The van der Waals surface area contributed by atoms with Gasteiger partial charge in [0.1, 0.15) is 0 Å². The molecule has 3 heterocycles. The monoisotopic (exact) mass is 330 g/mol. The van der Waals surface area contributed by atoms with Gasteiger partial charge < -0.3 is 9.84 Å². The van der Waals surface area contributed by atoms with Gasteiger partial charge in [-0.25, -0.2) is 0 Å². The highest BCUT2D eigenvalue weighted by molar-refractivity contribution is 5.23. The largest absolute Gasteiger partial charge is 0.418 e. The van der Waals surface area contributed by atoms with Crippen LogP contribution in [0.5, 0.6) is 0 Å². The van der Waals surface area contributed by atoms with Crippen LogP contribution in [0.1, 0.15) is 30.5 Å². The fourth-order valence-electron chi connectivity index (χ4n) is 3.66. The molecule has 0 saturated carbocycles. The molecule has 0 bridgehead atoms. The summed E-state index contributed by atoms with van der Waals surface area (Å²) in [5, 5.41) is 10.2. The number of likely N-dealkylation sites (tertiary alicyclic amines) is 1. The van der Waals surface area contributed by atoms with Crippen molar-refractivity contribution >= 4 is 0 Å². The first-order valence-electron chi connectivity index (χ1n) is 7.98. The first kappa shape index (κ1) is 16.7. The molecular formula is C16H21F3N2O2. The first-order chi connectivity index (χ1) is 11.0. The lowest BCUT2D eigenvalue weighted by Crippen LogP contribution is -2.46. The van der Waals surface area contributed by atoms with E-state index < -0.39 is 17.8 Å². The first-order valence-corrected chi connectivity index (χ1v) is 7.98. The van der Waals surface area contributed by atoms with Crippen molar-refractivity contribution in [3.05, 3.63) is 29.6 Å². The summed E-state index contributed by atoms with van der Waals surface area (Å²) in [4.78, 5) is 5.97. The Bertz CT molecular complexity index is 538. The molecule has 7 heteroatoms. The molecular weight excluding hydrogens is 309 g/mol. The van der Waals surface area contributed by atoms with Crippen molar-refractivity contribution in [2.24, 2.45) is 5.92 Å². The molecule has 2 aliphatic heterocycles. The zero-order valence-corrected chi connectivity index (χ0v) is 12.8. The van der Waals surface area contributed by atoms with Crippen LogP contribution in [0, 0.1) is 5.92 Å². The summed E-state index contributed by atoms with van der Waals surface area (Å²) in [6.07, 6.45) is -1.06. The van der Waals surface area contributed by atoms with Crippen molar-refractivity contribution in [2.75, 3.05) is 19.8 Å². The van der Waals surface area contributed by atoms with Crippen molar-refractivity contribution in [3.63, 3.8) is 0 Å². The van der Waals surface area contributed by atoms with Crippen LogP contribution in [0.25, 0.3) is 0 Å². The Hall–Kier alpha value is -1.18. The number of hydrogen-bond donors (Lipinski definition) is 1. The third kappa shape index (κ3) is 3.67. The van der Waals surface area contributed by atoms with Crippen molar-refractivity contribution in [2.45, 2.75) is 44.1 Å². The summed E-state index contributed by atoms with van der Waals surface area (Å²) in [5.74, 6) is -0.0377. The number of nitrogens with zero attached hydrogens (tertiary/aromatic N) is 2. The van der Waals surface area contributed by atoms with Crippen molar-refractivity contribution in [3.8, 4) is 0 Å². The van der Waals surface area contributed by atoms with Gasteiger partial charge in [-0.15, -0.1) is 0 Å². The molecule has 0 radical (unpaired) electrons. The van der Waals surface area contributed by atoms with Crippen LogP contribution in [-0.4, -0.2) is 46.9 Å². The standard InChI is InChI=1S/C16H21F3N2O2/c17-16(18,19)12-3-1-6-20-13(12)9-21-7-2-4-14(21)11-10-23-8-5-15(11)22/h1,3,6,11,14-15,22H,2,4-5,7-10H2/t11-,14-,15-/m1/s1. The van der Waals surface area contributed by atoms with Gasteiger partial charge in [0.25, 0.3) is 0 Å². The van der Waals surface area contributed by atoms with Crippen molar-refractivity contribution in [1.29, 1.82) is 0 Å². The summed E-state index contributed by atoms with van der Waals surface area (Å²) in [6, 6.07) is 2.44. The van der Waals surface area contributed by atoms with E-state index in [0.29, 0.717) is 19.6 Å². The molecule has 2 aliphatic rings. The predicted molar refractivity (Wildman–Crippen MR) is 77.6 cm³/mol. The quantitative estimate of drug-likeness (QED) is 0.925. The van der Waals surface area contributed by atoms with Gasteiger partial charge in [-0.1, -0.05) is 0 Å². The van der Waals surface area contributed by atoms with Crippen LogP contribution in [0.2, 0.25) is 0 Å². The maximum absolute atomic E-state index is 13.1. The van der Waals surface area contributed by atoms with Gasteiger partial charge in [0.2, 0.25) is 0 Å². The van der Waals surface area contributed by atoms with Crippen LogP contribution in [0.15, 0.2) is 18.3 Å². The zero-order chi connectivity index (χ0) is 16.4. The number of aliphatic hydroxyl groups is 1. The molecule has 1 aromatic rings. The highest BCUT2D eigenvalue weighted by Gasteiger charge is 2.39. The Morgan fingerprint density at radius 2 is 2.17 bits per heavy atom. The SMILES string of the molecule is O[C@@H]1CCOC[C@@H]1[C@H]1CCCN1Cc1ncccc1C(F)(F)F. The van der Waals surface area contributed by atoms with E-state index >= 15 is 0 Å². The lowest BCUT2D eigenvalue weighted by atomic mass is 9.89. The Kier molecular flexibility index (Phi) is 4.89. The van der Waals surface area contributed by atoms with E-state index in [4.69, 9.17) is 4.74 Å². The fraction of sp³-hybridized carbons (Fsp3) is 0.688. The summed E-state index contributed by atoms with van der Waals surface area (Å²) < 4.78 is 44.8. The third-order valence-electron chi connectivity index (χ3n) is 4.82. The van der Waals surface area contributed by atoms with E-state index in [1.165, 1.54) is 12.3 Å². The topological polar surface area (TPSA) is 45.6 Å². The average molecular weight is 330 g/mol. The number of alkyl halides is 3. The number of ether oxygens (including phenoxy) is 1. The number of halogens is 3. The molecule has 0 amide bonds. The molecule has 0 spiro atoms. The van der Waals surface area contributed by atoms with Crippen LogP contribution in [-0.2, 0) is 17.5 Å². The number of pyridine rings is 1. The molecule has 3 atom stereocenters. The van der Waals surface area contributed by atoms with Gasteiger partial charge in [0.05, 0.1) is 24.0 Å². The number of aromatic nitrogens is 1. The smallest absolute Gasteiger partial charge is 0.393 e. The molecule has 1 aromatic heterocycles. The molecule has 4 nitrogen and oxygen atoms in total. The molecule has 1 N–H and O–H groups in total. The van der Waals surface area contributed by atoms with Gasteiger partial charge in [0.15, 0.2) is 0 Å². The van der Waals surface area contributed by atoms with Gasteiger partial charge in [-0.05, 0) is 37.9 Å². The summed E-state index contributed by atoms with van der Waals surface area (Å²) >= 11 is 0. The molecule has 2 saturated heterocycles. The number of aliphatic hydroxyl groups excluding tert-OH is 1. The lowest BCUT2D eigenvalue weighted by Gasteiger charge is -2.37. The minimum Gasteiger partial charge on any atom is -0.393 e. The Labute approximate surface area is 133 Å². The summed E-state index contributed by atoms with van der Waals surface area (Å²) in [6.45, 7) is 1.89. The summed E-state index contributed by atoms with van der Waals surface area (Å²) in [5.41, 5.74) is -0.621. The van der Waals surface area contributed by atoms with Gasteiger partial charge in [-0.2, -0.15) is 13.2 Å². The fourth-order valence-corrected chi connectivity index (χ4v) is 3.66. The van der Waals surface area contributed by atoms with Crippen LogP contribution in [0.3, 0.4) is 0 Å². The van der Waals surface area contributed by atoms with E-state index in [2.05, 4.69) is 4.98 Å². The van der Waals surface area contributed by atoms with E-state index in [-0.39, 0.29) is 24.2 Å². The van der Waals surface area contributed by atoms with Gasteiger partial charge in [-0.3, -0.25) is 9.88 Å². The molecule has 3 rings (SSSR count). The Balaban J connectivity index is 1.77. The van der Waals surface area contributed by atoms with Gasteiger partial charge in [0, 0.05) is 31.3 Å². The van der Waals surface area contributed by atoms with E-state index in [1.807, 2.05) is 4.90 Å². The average Bonchev–Trinajstić information content (AvgIpc) is 2.95. The second-order valence-electron chi connectivity index (χ2n) is 6.27. The normalized spacial score (nSPS) is 29.8. The molecule has 23 heavy (non-hydrogen) atoms. The van der Waals surface area contributed by atoms with E-state index in [9.17, 15) is 18.3 Å². The van der Waals surface area contributed by atoms with Crippen molar-refractivity contribution < 1.29 is 23.0 Å². The Morgan fingerprint density at radius 3 is 2.91 bits per heavy atom. The lowest BCUT2D eigenvalue weighted by molar-refractivity contribution is -0.139. The minimum absolute atomic E-state index is 0.0377. The highest BCUT2D eigenvalue weighted by atomic mass is 19.4. The number of hydrogen-bond acceptors (Lipinski definition) is 4. The predicted octanol–water partition coefficient (Wildman–Crippen LogP) is 2.46. The van der Waals surface area contributed by atoms with Gasteiger partial charge >= 0.3 is 6.18 Å².